The summed E-state index contributed by atoms with van der Waals surface area (Å²) in [5.74, 6) is -0.470. The summed E-state index contributed by atoms with van der Waals surface area (Å²) in [5, 5.41) is 9.29. The SMILES string of the molecule is O=C(COc1ccccc1[C@H]1CC(=O)Nc2ncnn21)Nc1ccc(Br)cc1F. The number of fused-ring (bicyclic) bond motifs is 1. The Kier molecular flexibility index (Phi) is 5.26. The van der Waals surface area contributed by atoms with Crippen molar-refractivity contribution in [3.05, 3.63) is 64.6 Å². The van der Waals surface area contributed by atoms with Crippen LogP contribution in [0, 0.1) is 5.82 Å². The Labute approximate surface area is 173 Å². The Hall–Kier alpha value is -3.27. The zero-order valence-corrected chi connectivity index (χ0v) is 16.5. The normalized spacial score (nSPS) is 15.4. The fourth-order valence-electron chi connectivity index (χ4n) is 3.05. The van der Waals surface area contributed by atoms with Gasteiger partial charge in [0.15, 0.2) is 6.61 Å². The molecule has 1 aliphatic rings. The van der Waals surface area contributed by atoms with Crippen molar-refractivity contribution in [3.63, 3.8) is 0 Å². The number of ether oxygens (including phenoxy) is 1. The third-order valence-corrected chi connectivity index (χ3v) is 4.83. The van der Waals surface area contributed by atoms with Gasteiger partial charge in [-0.25, -0.2) is 9.07 Å². The summed E-state index contributed by atoms with van der Waals surface area (Å²) in [6, 6.07) is 11.0. The number of rotatable bonds is 5. The molecule has 0 fully saturated rings. The number of carbonyl (C=O) groups is 2. The third-order valence-electron chi connectivity index (χ3n) is 4.34. The van der Waals surface area contributed by atoms with Crippen LogP contribution in [-0.2, 0) is 9.59 Å². The van der Waals surface area contributed by atoms with E-state index in [2.05, 4.69) is 36.6 Å². The summed E-state index contributed by atoms with van der Waals surface area (Å²) in [7, 11) is 0. The molecule has 2 heterocycles. The fraction of sp³-hybridized carbons (Fsp3) is 0.158. The lowest BCUT2D eigenvalue weighted by molar-refractivity contribution is -0.118. The summed E-state index contributed by atoms with van der Waals surface area (Å²) in [5.41, 5.74) is 0.753. The van der Waals surface area contributed by atoms with Crippen LogP contribution in [0.4, 0.5) is 16.0 Å². The summed E-state index contributed by atoms with van der Waals surface area (Å²) in [6.45, 7) is -0.324. The number of halogens is 2. The molecule has 29 heavy (non-hydrogen) atoms. The molecule has 1 aliphatic heterocycles. The number of para-hydroxylation sites is 1. The average molecular weight is 460 g/mol. The van der Waals surface area contributed by atoms with Crippen LogP contribution in [0.2, 0.25) is 0 Å². The molecule has 0 spiro atoms. The largest absolute Gasteiger partial charge is 0.483 e. The van der Waals surface area contributed by atoms with Gasteiger partial charge in [-0.1, -0.05) is 34.1 Å². The predicted octanol–water partition coefficient (Wildman–Crippen LogP) is 3.13. The fourth-order valence-corrected chi connectivity index (χ4v) is 3.39. The van der Waals surface area contributed by atoms with Gasteiger partial charge in [0, 0.05) is 10.0 Å². The lowest BCUT2D eigenvalue weighted by Gasteiger charge is -2.25. The van der Waals surface area contributed by atoms with Gasteiger partial charge >= 0.3 is 0 Å². The van der Waals surface area contributed by atoms with Crippen LogP contribution in [-0.4, -0.2) is 33.2 Å². The van der Waals surface area contributed by atoms with E-state index >= 15 is 0 Å². The van der Waals surface area contributed by atoms with Crippen LogP contribution in [0.3, 0.4) is 0 Å². The van der Waals surface area contributed by atoms with Crippen LogP contribution in [0.1, 0.15) is 18.0 Å². The highest BCUT2D eigenvalue weighted by molar-refractivity contribution is 9.10. The maximum absolute atomic E-state index is 13.9. The van der Waals surface area contributed by atoms with E-state index in [1.54, 1.807) is 28.9 Å². The lowest BCUT2D eigenvalue weighted by Crippen LogP contribution is -2.29. The van der Waals surface area contributed by atoms with E-state index in [1.807, 2.05) is 6.07 Å². The minimum atomic E-state index is -0.556. The predicted molar refractivity (Wildman–Crippen MR) is 106 cm³/mol. The molecule has 8 nitrogen and oxygen atoms in total. The van der Waals surface area contributed by atoms with Crippen molar-refractivity contribution in [1.29, 1.82) is 0 Å². The molecule has 0 saturated heterocycles. The van der Waals surface area contributed by atoms with E-state index < -0.39 is 17.8 Å². The first-order valence-electron chi connectivity index (χ1n) is 8.67. The van der Waals surface area contributed by atoms with Crippen LogP contribution in [0.15, 0.2) is 53.3 Å². The number of hydrogen-bond donors (Lipinski definition) is 2. The van der Waals surface area contributed by atoms with Gasteiger partial charge in [0.1, 0.15) is 17.9 Å². The second kappa shape index (κ2) is 8.00. The van der Waals surface area contributed by atoms with Crippen LogP contribution in [0.25, 0.3) is 0 Å². The first kappa shape index (κ1) is 19.1. The molecule has 2 amide bonds. The number of hydrogen-bond acceptors (Lipinski definition) is 5. The number of nitrogens with zero attached hydrogens (tertiary/aromatic N) is 3. The molecule has 1 atom stereocenters. The molecule has 0 saturated carbocycles. The molecular formula is C19H15BrFN5O3. The van der Waals surface area contributed by atoms with E-state index in [-0.39, 0.29) is 24.6 Å². The molecule has 2 N–H and O–H groups in total. The van der Waals surface area contributed by atoms with Gasteiger partial charge < -0.3 is 10.1 Å². The van der Waals surface area contributed by atoms with Gasteiger partial charge in [-0.15, -0.1) is 0 Å². The molecule has 0 bridgehead atoms. The number of amides is 2. The summed E-state index contributed by atoms with van der Waals surface area (Å²) in [4.78, 5) is 28.2. The van der Waals surface area contributed by atoms with Crippen LogP contribution < -0.4 is 15.4 Å². The van der Waals surface area contributed by atoms with E-state index in [4.69, 9.17) is 4.74 Å². The third kappa shape index (κ3) is 4.11. The van der Waals surface area contributed by atoms with Gasteiger partial charge in [-0.3, -0.25) is 14.9 Å². The van der Waals surface area contributed by atoms with E-state index in [0.717, 1.165) is 0 Å². The van der Waals surface area contributed by atoms with Gasteiger partial charge in [0.05, 0.1) is 18.2 Å². The Morgan fingerprint density at radius 1 is 1.34 bits per heavy atom. The number of aromatic nitrogens is 3. The first-order chi connectivity index (χ1) is 14.0. The van der Waals surface area contributed by atoms with Gasteiger partial charge in [0.25, 0.3) is 5.91 Å². The highest BCUT2D eigenvalue weighted by atomic mass is 79.9. The zero-order chi connectivity index (χ0) is 20.4. The number of benzene rings is 2. The monoisotopic (exact) mass is 459 g/mol. The Morgan fingerprint density at radius 3 is 3.00 bits per heavy atom. The molecule has 2 aromatic carbocycles. The van der Waals surface area contributed by atoms with Crippen molar-refractivity contribution in [2.24, 2.45) is 0 Å². The summed E-state index contributed by atoms with van der Waals surface area (Å²) < 4.78 is 21.7. The maximum Gasteiger partial charge on any atom is 0.262 e. The highest BCUT2D eigenvalue weighted by Gasteiger charge is 2.29. The van der Waals surface area contributed by atoms with Gasteiger partial charge in [0.2, 0.25) is 11.9 Å². The average Bonchev–Trinajstić information content (AvgIpc) is 3.16. The standard InChI is InChI=1S/C19H15BrFN5O3/c20-11-5-6-14(13(21)7-11)24-18(28)9-29-16-4-2-1-3-12(16)15-8-17(27)25-19-22-10-23-26(15)19/h1-7,10,15H,8-9H2,(H,24,28)(H,22,23,25,27)/t15-/m1/s1. The highest BCUT2D eigenvalue weighted by Crippen LogP contribution is 2.34. The van der Waals surface area contributed by atoms with Crippen molar-refractivity contribution in [2.45, 2.75) is 12.5 Å². The van der Waals surface area contributed by atoms with Crippen LogP contribution >= 0.6 is 15.9 Å². The Bertz CT molecular complexity index is 1090. The molecule has 1 aromatic heterocycles. The number of nitrogens with one attached hydrogen (secondary N) is 2. The molecule has 148 valence electrons. The Morgan fingerprint density at radius 2 is 2.17 bits per heavy atom. The maximum atomic E-state index is 13.9. The molecule has 3 aromatic rings. The van der Waals surface area contributed by atoms with E-state index in [9.17, 15) is 14.0 Å². The molecular weight excluding hydrogens is 445 g/mol. The minimum absolute atomic E-state index is 0.0614. The van der Waals surface area contributed by atoms with Gasteiger partial charge in [-0.05, 0) is 24.3 Å². The summed E-state index contributed by atoms with van der Waals surface area (Å²) >= 11 is 3.17. The van der Waals surface area contributed by atoms with Crippen molar-refractivity contribution in [3.8, 4) is 5.75 Å². The van der Waals surface area contributed by atoms with E-state index in [1.165, 1.54) is 18.5 Å². The van der Waals surface area contributed by atoms with Crippen molar-refractivity contribution >= 4 is 39.4 Å². The van der Waals surface area contributed by atoms with Crippen molar-refractivity contribution in [1.82, 2.24) is 14.8 Å². The topological polar surface area (TPSA) is 98.1 Å². The lowest BCUT2D eigenvalue weighted by atomic mass is 10.0. The molecule has 10 heteroatoms. The Balaban J connectivity index is 1.50. The van der Waals surface area contributed by atoms with Crippen molar-refractivity contribution in [2.75, 3.05) is 17.2 Å². The van der Waals surface area contributed by atoms with Crippen LogP contribution in [0.5, 0.6) is 5.75 Å². The molecule has 0 aliphatic carbocycles. The minimum Gasteiger partial charge on any atom is -0.483 e. The quantitative estimate of drug-likeness (QED) is 0.610. The molecule has 0 radical (unpaired) electrons. The number of carbonyl (C=O) groups excluding carboxylic acids is 2. The second-order valence-corrected chi connectivity index (χ2v) is 7.21. The summed E-state index contributed by atoms with van der Waals surface area (Å²) in [6.07, 6.45) is 1.52. The second-order valence-electron chi connectivity index (χ2n) is 6.30. The number of anilines is 2. The zero-order valence-electron chi connectivity index (χ0n) is 14.9. The van der Waals surface area contributed by atoms with Crippen molar-refractivity contribution < 1.29 is 18.7 Å². The van der Waals surface area contributed by atoms with Gasteiger partial charge in [-0.2, -0.15) is 10.1 Å². The molecule has 4 rings (SSSR count). The van der Waals surface area contributed by atoms with E-state index in [0.29, 0.717) is 21.7 Å². The smallest absolute Gasteiger partial charge is 0.262 e. The molecule has 0 unspecified atom stereocenters. The first-order valence-corrected chi connectivity index (χ1v) is 9.46.